The molecule has 0 spiro atoms. The maximum atomic E-state index is 12.4. The van der Waals surface area contributed by atoms with Gasteiger partial charge in [-0.3, -0.25) is 20.4 Å². The Morgan fingerprint density at radius 3 is 2.46 bits per heavy atom. The van der Waals surface area contributed by atoms with Crippen LogP contribution < -0.4 is 10.9 Å². The highest BCUT2D eigenvalue weighted by Crippen LogP contribution is 2.30. The Kier molecular flexibility index (Phi) is 4.63. The third-order valence-electron chi connectivity index (χ3n) is 4.45. The zero-order chi connectivity index (χ0) is 19.5. The van der Waals surface area contributed by atoms with E-state index in [0.717, 1.165) is 11.1 Å². The lowest BCUT2D eigenvalue weighted by Gasteiger charge is -2.25. The molecule has 1 aliphatic rings. The summed E-state index contributed by atoms with van der Waals surface area (Å²) < 4.78 is 10.5. The number of amides is 2. The minimum absolute atomic E-state index is 0.0826. The summed E-state index contributed by atoms with van der Waals surface area (Å²) in [4.78, 5) is 36.5. The molecule has 1 aromatic heterocycles. The highest BCUT2D eigenvalue weighted by atomic mass is 16.5. The minimum Gasteiger partial charge on any atom is -0.459 e. The summed E-state index contributed by atoms with van der Waals surface area (Å²) in [6, 6.07) is 17.2. The van der Waals surface area contributed by atoms with E-state index >= 15 is 0 Å². The second-order valence-electron chi connectivity index (χ2n) is 6.27. The van der Waals surface area contributed by atoms with Crippen LogP contribution in [-0.2, 0) is 11.2 Å². The number of hydrazine groups is 1. The van der Waals surface area contributed by atoms with Gasteiger partial charge in [0.1, 0.15) is 6.10 Å². The zero-order valence-corrected chi connectivity index (χ0v) is 14.7. The second-order valence-corrected chi connectivity index (χ2v) is 6.27. The number of nitrogens with one attached hydrogen (secondary N) is 2. The molecule has 2 heterocycles. The third kappa shape index (κ3) is 3.50. The standard InChI is InChI=1S/C21H16N2O5/c24-19(22-23-20(25)17-7-4-10-27-17)14-8-9-16-15(11-14)12-18(28-21(16)26)13-5-2-1-3-6-13/h1-11,18H,12H2,(H,22,24)(H,23,25). The SMILES string of the molecule is O=C(NNC(=O)c1ccco1)c1ccc2c(c1)CC(c1ccccc1)OC2=O. The average Bonchev–Trinajstić information content (AvgIpc) is 3.27. The molecule has 7 heteroatoms. The summed E-state index contributed by atoms with van der Waals surface area (Å²) in [6.45, 7) is 0. The molecule has 0 aliphatic carbocycles. The summed E-state index contributed by atoms with van der Waals surface area (Å²) in [7, 11) is 0. The van der Waals surface area contributed by atoms with Gasteiger partial charge in [-0.05, 0) is 41.5 Å². The van der Waals surface area contributed by atoms with E-state index in [9.17, 15) is 14.4 Å². The number of hydrogen-bond donors (Lipinski definition) is 2. The van der Waals surface area contributed by atoms with Crippen molar-refractivity contribution in [2.45, 2.75) is 12.5 Å². The number of ether oxygens (including phenoxy) is 1. The first kappa shape index (κ1) is 17.5. The highest BCUT2D eigenvalue weighted by molar-refractivity contribution is 5.99. The van der Waals surface area contributed by atoms with E-state index in [4.69, 9.17) is 9.15 Å². The summed E-state index contributed by atoms with van der Waals surface area (Å²) in [5.74, 6) is -1.41. The van der Waals surface area contributed by atoms with Crippen LogP contribution in [-0.4, -0.2) is 17.8 Å². The number of esters is 1. The number of benzene rings is 2. The smallest absolute Gasteiger partial charge is 0.339 e. The van der Waals surface area contributed by atoms with Gasteiger partial charge in [0.05, 0.1) is 11.8 Å². The Bertz CT molecular complexity index is 1030. The molecule has 1 unspecified atom stereocenters. The third-order valence-corrected chi connectivity index (χ3v) is 4.45. The fraction of sp³-hybridized carbons (Fsp3) is 0.0952. The molecule has 0 fully saturated rings. The van der Waals surface area contributed by atoms with Crippen molar-refractivity contribution < 1.29 is 23.5 Å². The van der Waals surface area contributed by atoms with Gasteiger partial charge in [0, 0.05) is 12.0 Å². The second kappa shape index (κ2) is 7.40. The monoisotopic (exact) mass is 376 g/mol. The van der Waals surface area contributed by atoms with Crippen LogP contribution >= 0.6 is 0 Å². The molecular weight excluding hydrogens is 360 g/mol. The van der Waals surface area contributed by atoms with Crippen molar-refractivity contribution in [2.75, 3.05) is 0 Å². The summed E-state index contributed by atoms with van der Waals surface area (Å²) >= 11 is 0. The Morgan fingerprint density at radius 1 is 0.929 bits per heavy atom. The Hall–Kier alpha value is -3.87. The maximum absolute atomic E-state index is 12.4. The lowest BCUT2D eigenvalue weighted by Crippen LogP contribution is -2.41. The topological polar surface area (TPSA) is 97.6 Å². The first-order valence-corrected chi connectivity index (χ1v) is 8.65. The summed E-state index contributed by atoms with van der Waals surface area (Å²) in [5.41, 5.74) is 6.98. The quantitative estimate of drug-likeness (QED) is 0.541. The number of furan rings is 1. The van der Waals surface area contributed by atoms with Crippen LogP contribution in [0.3, 0.4) is 0 Å². The molecule has 1 atom stereocenters. The molecule has 0 radical (unpaired) electrons. The molecule has 4 rings (SSSR count). The number of cyclic esters (lactones) is 1. The van der Waals surface area contributed by atoms with Gasteiger partial charge in [0.25, 0.3) is 5.91 Å². The van der Waals surface area contributed by atoms with Crippen LogP contribution in [0.4, 0.5) is 0 Å². The number of carbonyl (C=O) groups excluding carboxylic acids is 3. The lowest BCUT2D eigenvalue weighted by molar-refractivity contribution is 0.0252. The van der Waals surface area contributed by atoms with Gasteiger partial charge in [0.15, 0.2) is 5.76 Å². The van der Waals surface area contributed by atoms with Gasteiger partial charge in [0.2, 0.25) is 0 Å². The van der Waals surface area contributed by atoms with Gasteiger partial charge >= 0.3 is 11.9 Å². The molecule has 2 amide bonds. The van der Waals surface area contributed by atoms with E-state index in [-0.39, 0.29) is 5.76 Å². The molecule has 0 bridgehead atoms. The van der Waals surface area contributed by atoms with E-state index in [1.165, 1.54) is 18.4 Å². The molecule has 3 aromatic rings. The number of fused-ring (bicyclic) bond motifs is 1. The van der Waals surface area contributed by atoms with Crippen LogP contribution in [0, 0.1) is 0 Å². The maximum Gasteiger partial charge on any atom is 0.339 e. The van der Waals surface area contributed by atoms with Gasteiger partial charge in [-0.15, -0.1) is 0 Å². The highest BCUT2D eigenvalue weighted by Gasteiger charge is 2.28. The molecule has 1 aliphatic heterocycles. The van der Waals surface area contributed by atoms with E-state index in [0.29, 0.717) is 17.5 Å². The van der Waals surface area contributed by atoms with Crippen molar-refractivity contribution in [3.8, 4) is 0 Å². The molecule has 0 saturated heterocycles. The van der Waals surface area contributed by atoms with E-state index in [2.05, 4.69) is 10.9 Å². The van der Waals surface area contributed by atoms with E-state index in [1.54, 1.807) is 18.2 Å². The molecule has 140 valence electrons. The molecule has 28 heavy (non-hydrogen) atoms. The summed E-state index contributed by atoms with van der Waals surface area (Å²) in [5, 5.41) is 0. The van der Waals surface area contributed by atoms with Gasteiger partial charge in [-0.1, -0.05) is 30.3 Å². The van der Waals surface area contributed by atoms with Crippen molar-refractivity contribution in [1.82, 2.24) is 10.9 Å². The van der Waals surface area contributed by atoms with Crippen LogP contribution in [0.2, 0.25) is 0 Å². The van der Waals surface area contributed by atoms with E-state index in [1.807, 2.05) is 30.3 Å². The van der Waals surface area contributed by atoms with Crippen LogP contribution in [0.25, 0.3) is 0 Å². The molecular formula is C21H16N2O5. The Labute approximate surface area is 160 Å². The molecule has 7 nitrogen and oxygen atoms in total. The first-order valence-electron chi connectivity index (χ1n) is 8.65. The fourth-order valence-corrected chi connectivity index (χ4v) is 3.05. The minimum atomic E-state index is -0.566. The van der Waals surface area contributed by atoms with Crippen molar-refractivity contribution in [1.29, 1.82) is 0 Å². The number of hydrogen-bond acceptors (Lipinski definition) is 5. The molecule has 2 aromatic carbocycles. The van der Waals surface area contributed by atoms with Crippen LogP contribution in [0.15, 0.2) is 71.3 Å². The normalized spacial score (nSPS) is 15.3. The number of carbonyl (C=O) groups is 3. The van der Waals surface area contributed by atoms with Crippen molar-refractivity contribution in [3.05, 3.63) is 94.9 Å². The first-order chi connectivity index (χ1) is 13.6. The summed E-state index contributed by atoms with van der Waals surface area (Å²) in [6.07, 6.45) is 1.42. The Balaban J connectivity index is 1.49. The fourth-order valence-electron chi connectivity index (χ4n) is 3.05. The predicted octanol–water partition coefficient (Wildman–Crippen LogP) is 2.81. The van der Waals surface area contributed by atoms with Gasteiger partial charge in [-0.2, -0.15) is 0 Å². The average molecular weight is 376 g/mol. The number of rotatable bonds is 3. The zero-order valence-electron chi connectivity index (χ0n) is 14.7. The van der Waals surface area contributed by atoms with Gasteiger partial charge < -0.3 is 9.15 Å². The van der Waals surface area contributed by atoms with Crippen molar-refractivity contribution in [3.63, 3.8) is 0 Å². The predicted molar refractivity (Wildman–Crippen MR) is 98.4 cm³/mol. The van der Waals surface area contributed by atoms with Crippen LogP contribution in [0.1, 0.15) is 48.5 Å². The Morgan fingerprint density at radius 2 is 1.71 bits per heavy atom. The van der Waals surface area contributed by atoms with Gasteiger partial charge in [-0.25, -0.2) is 4.79 Å². The van der Waals surface area contributed by atoms with Crippen molar-refractivity contribution in [2.24, 2.45) is 0 Å². The largest absolute Gasteiger partial charge is 0.459 e. The van der Waals surface area contributed by atoms with Crippen LogP contribution in [0.5, 0.6) is 0 Å². The van der Waals surface area contributed by atoms with Crippen molar-refractivity contribution >= 4 is 17.8 Å². The molecule has 2 N–H and O–H groups in total. The molecule has 0 saturated carbocycles. The van der Waals surface area contributed by atoms with E-state index < -0.39 is 23.9 Å². The lowest BCUT2D eigenvalue weighted by atomic mass is 9.93.